The van der Waals surface area contributed by atoms with Crippen LogP contribution < -0.4 is 9.47 Å². The summed E-state index contributed by atoms with van der Waals surface area (Å²) in [6.07, 6.45) is 15.8. The molecule has 0 unspecified atom stereocenters. The molecule has 0 aliphatic carbocycles. The standard InChI is InChI=1S/C23H31N2S/c1-4-5-6-7-8-9-10-19-11-12-21-22(17-19)26-23(25(21)3)18-20-13-15-24(2)16-14-20/h11-18H,4-10H2,1-3H3/q+1. The normalized spacial score (nSPS) is 14.9. The summed E-state index contributed by atoms with van der Waals surface area (Å²) in [5, 5.41) is 1.30. The fourth-order valence-corrected chi connectivity index (χ4v) is 4.54. The molecule has 0 radical (unpaired) electrons. The SMILES string of the molecule is CCCCCCCCc1ccc2c(c1)S/C(=C\c1cc[n+](C)cc1)N2C. The highest BCUT2D eigenvalue weighted by molar-refractivity contribution is 8.03. The van der Waals surface area contributed by atoms with Gasteiger partial charge in [0.1, 0.15) is 7.05 Å². The lowest BCUT2D eigenvalue weighted by molar-refractivity contribution is -0.671. The Morgan fingerprint density at radius 3 is 2.50 bits per heavy atom. The van der Waals surface area contributed by atoms with E-state index in [1.165, 1.54) is 71.7 Å². The first-order valence-electron chi connectivity index (χ1n) is 9.89. The van der Waals surface area contributed by atoms with Crippen molar-refractivity contribution in [1.82, 2.24) is 0 Å². The number of hydrogen-bond donors (Lipinski definition) is 0. The molecule has 1 aromatic carbocycles. The fraction of sp³-hybridized carbons (Fsp3) is 0.435. The molecule has 2 nitrogen and oxygen atoms in total. The summed E-state index contributed by atoms with van der Waals surface area (Å²) in [4.78, 5) is 3.70. The molecule has 0 bridgehead atoms. The first-order chi connectivity index (χ1) is 12.7. The number of fused-ring (bicyclic) bond motifs is 1. The van der Waals surface area contributed by atoms with Crippen LogP contribution in [0.25, 0.3) is 6.08 Å². The molecule has 0 saturated heterocycles. The van der Waals surface area contributed by atoms with Gasteiger partial charge in [0.25, 0.3) is 0 Å². The van der Waals surface area contributed by atoms with E-state index < -0.39 is 0 Å². The van der Waals surface area contributed by atoms with Crippen LogP contribution in [-0.2, 0) is 13.5 Å². The number of aromatic nitrogens is 1. The summed E-state index contributed by atoms with van der Waals surface area (Å²) in [5.41, 5.74) is 4.06. The van der Waals surface area contributed by atoms with E-state index in [-0.39, 0.29) is 0 Å². The fourth-order valence-electron chi connectivity index (χ4n) is 3.36. The summed E-state index contributed by atoms with van der Waals surface area (Å²) in [6.45, 7) is 2.28. The molecule has 1 aliphatic heterocycles. The van der Waals surface area contributed by atoms with Crippen molar-refractivity contribution in [3.8, 4) is 0 Å². The maximum absolute atomic E-state index is 2.40. The lowest BCUT2D eigenvalue weighted by Gasteiger charge is -2.13. The third-order valence-electron chi connectivity index (χ3n) is 5.04. The molecular formula is C23H31N2S+. The van der Waals surface area contributed by atoms with Gasteiger partial charge in [0, 0.05) is 24.1 Å². The number of hydrogen-bond acceptors (Lipinski definition) is 2. The maximum atomic E-state index is 2.40. The monoisotopic (exact) mass is 367 g/mol. The molecule has 138 valence electrons. The Kier molecular flexibility index (Phi) is 6.79. The predicted octanol–water partition coefficient (Wildman–Crippen LogP) is 5.95. The van der Waals surface area contributed by atoms with E-state index >= 15 is 0 Å². The number of benzene rings is 1. The third kappa shape index (κ3) is 4.91. The molecule has 0 saturated carbocycles. The highest BCUT2D eigenvalue weighted by atomic mass is 32.2. The van der Waals surface area contributed by atoms with Crippen LogP contribution in [0.5, 0.6) is 0 Å². The number of thioether (sulfide) groups is 1. The van der Waals surface area contributed by atoms with Crippen molar-refractivity contribution in [2.24, 2.45) is 7.05 Å². The number of rotatable bonds is 8. The van der Waals surface area contributed by atoms with Gasteiger partial charge < -0.3 is 4.90 Å². The van der Waals surface area contributed by atoms with Gasteiger partial charge in [-0.05, 0) is 42.2 Å². The zero-order chi connectivity index (χ0) is 18.4. The smallest absolute Gasteiger partial charge is 0.169 e. The highest BCUT2D eigenvalue weighted by Gasteiger charge is 2.22. The summed E-state index contributed by atoms with van der Waals surface area (Å²) >= 11 is 1.89. The average Bonchev–Trinajstić information content (AvgIpc) is 2.95. The van der Waals surface area contributed by atoms with Gasteiger partial charge in [0.05, 0.1) is 10.7 Å². The Labute approximate surface area is 162 Å². The predicted molar refractivity (Wildman–Crippen MR) is 113 cm³/mol. The second kappa shape index (κ2) is 9.27. The molecule has 0 fully saturated rings. The first kappa shape index (κ1) is 19.0. The molecule has 1 aliphatic rings. The van der Waals surface area contributed by atoms with E-state index in [1.807, 2.05) is 11.8 Å². The number of aryl methyl sites for hydroxylation is 2. The van der Waals surface area contributed by atoms with Crippen LogP contribution in [0.1, 0.15) is 56.6 Å². The third-order valence-corrected chi connectivity index (χ3v) is 6.19. The minimum absolute atomic E-state index is 1.21. The van der Waals surface area contributed by atoms with Crippen molar-refractivity contribution in [1.29, 1.82) is 0 Å². The van der Waals surface area contributed by atoms with E-state index in [1.54, 1.807) is 0 Å². The molecule has 0 amide bonds. The number of pyridine rings is 1. The van der Waals surface area contributed by atoms with Crippen LogP contribution in [0.2, 0.25) is 0 Å². The summed E-state index contributed by atoms with van der Waals surface area (Å²) < 4.78 is 2.07. The molecule has 0 atom stereocenters. The van der Waals surface area contributed by atoms with Crippen molar-refractivity contribution in [3.05, 3.63) is 58.9 Å². The van der Waals surface area contributed by atoms with Crippen LogP contribution in [0.3, 0.4) is 0 Å². The zero-order valence-corrected chi connectivity index (χ0v) is 17.2. The Morgan fingerprint density at radius 2 is 1.73 bits per heavy atom. The van der Waals surface area contributed by atoms with Crippen molar-refractivity contribution >= 4 is 23.5 Å². The van der Waals surface area contributed by atoms with Gasteiger partial charge in [-0.3, -0.25) is 0 Å². The van der Waals surface area contributed by atoms with E-state index in [0.29, 0.717) is 0 Å². The molecule has 3 heteroatoms. The topological polar surface area (TPSA) is 7.12 Å². The van der Waals surface area contributed by atoms with Crippen LogP contribution in [0, 0.1) is 0 Å². The molecule has 1 aromatic heterocycles. The Hall–Kier alpha value is -1.74. The number of unbranched alkanes of at least 4 members (excludes halogenated alkanes) is 5. The Morgan fingerprint density at radius 1 is 1.00 bits per heavy atom. The summed E-state index contributed by atoms with van der Waals surface area (Å²) in [5.74, 6) is 0. The van der Waals surface area contributed by atoms with Crippen molar-refractivity contribution in [2.45, 2.75) is 56.8 Å². The van der Waals surface area contributed by atoms with Crippen molar-refractivity contribution in [2.75, 3.05) is 11.9 Å². The van der Waals surface area contributed by atoms with Gasteiger partial charge in [-0.15, -0.1) is 0 Å². The number of anilines is 1. The molecular weight excluding hydrogens is 336 g/mol. The maximum Gasteiger partial charge on any atom is 0.169 e. The molecule has 26 heavy (non-hydrogen) atoms. The van der Waals surface area contributed by atoms with Gasteiger partial charge in [-0.25, -0.2) is 4.57 Å². The van der Waals surface area contributed by atoms with Gasteiger partial charge in [-0.2, -0.15) is 0 Å². The van der Waals surface area contributed by atoms with Gasteiger partial charge >= 0.3 is 0 Å². The van der Waals surface area contributed by atoms with Crippen molar-refractivity contribution < 1.29 is 4.57 Å². The largest absolute Gasteiger partial charge is 0.338 e. The van der Waals surface area contributed by atoms with E-state index in [9.17, 15) is 0 Å². The molecule has 2 heterocycles. The second-order valence-corrected chi connectivity index (χ2v) is 8.32. The second-order valence-electron chi connectivity index (χ2n) is 7.26. The Balaban J connectivity index is 1.61. The van der Waals surface area contributed by atoms with Crippen LogP contribution in [0.4, 0.5) is 5.69 Å². The minimum Gasteiger partial charge on any atom is -0.338 e. The molecule has 0 spiro atoms. The van der Waals surface area contributed by atoms with E-state index in [4.69, 9.17) is 0 Å². The van der Waals surface area contributed by atoms with Crippen molar-refractivity contribution in [3.63, 3.8) is 0 Å². The van der Waals surface area contributed by atoms with Gasteiger partial charge in [-0.1, -0.05) is 56.9 Å². The molecule has 2 aromatic rings. The van der Waals surface area contributed by atoms with Crippen LogP contribution in [-0.4, -0.2) is 7.05 Å². The lowest BCUT2D eigenvalue weighted by Crippen LogP contribution is -2.25. The van der Waals surface area contributed by atoms with E-state index in [0.717, 1.165) is 0 Å². The molecule has 3 rings (SSSR count). The van der Waals surface area contributed by atoms with Gasteiger partial charge in [0.2, 0.25) is 0 Å². The van der Waals surface area contributed by atoms with Gasteiger partial charge in [0.15, 0.2) is 12.4 Å². The van der Waals surface area contributed by atoms with E-state index in [2.05, 4.69) is 79.3 Å². The highest BCUT2D eigenvalue weighted by Crippen LogP contribution is 2.46. The number of nitrogens with zero attached hydrogens (tertiary/aromatic N) is 2. The summed E-state index contributed by atoms with van der Waals surface area (Å²) in [6, 6.07) is 11.3. The summed E-state index contributed by atoms with van der Waals surface area (Å²) in [7, 11) is 4.22. The average molecular weight is 368 g/mol. The van der Waals surface area contributed by atoms with Crippen LogP contribution >= 0.6 is 11.8 Å². The lowest BCUT2D eigenvalue weighted by atomic mass is 10.0. The minimum atomic E-state index is 1.21. The first-order valence-corrected chi connectivity index (χ1v) is 10.7. The molecule has 0 N–H and O–H groups in total. The Bertz CT molecular complexity index is 749. The quantitative estimate of drug-likeness (QED) is 0.420. The zero-order valence-electron chi connectivity index (χ0n) is 16.4. The van der Waals surface area contributed by atoms with Crippen LogP contribution in [0.15, 0.2) is 52.7 Å².